The molecule has 0 aliphatic heterocycles. The van der Waals surface area contributed by atoms with E-state index in [2.05, 4.69) is 21.0 Å². The molecule has 0 saturated carbocycles. The molecule has 0 aliphatic carbocycles. The molecule has 1 aromatic heterocycles. The lowest BCUT2D eigenvalue weighted by atomic mass is 10.3. The number of nitrogens with zero attached hydrogens (tertiary/aromatic N) is 1. The first-order valence-electron chi connectivity index (χ1n) is 5.30. The van der Waals surface area contributed by atoms with Crippen LogP contribution >= 0.6 is 23.5 Å². The van der Waals surface area contributed by atoms with E-state index in [0.29, 0.717) is 5.69 Å². The number of nitrogens with one attached hydrogen (secondary N) is 1. The number of rotatable bonds is 4. The zero-order valence-corrected chi connectivity index (χ0v) is 12.8. The lowest BCUT2D eigenvalue weighted by Gasteiger charge is -2.09. The van der Waals surface area contributed by atoms with Crippen molar-refractivity contribution < 1.29 is 13.6 Å². The molecule has 19 heavy (non-hydrogen) atoms. The number of aromatic amines is 1. The standard InChI is InChI=1S/C11H12BrN2O4P/c1-17-19(16,18-2)10-7-13-14(11(10)15)9-5-3-8(12)4-6-9/h3-7,13H,1-2H3. The van der Waals surface area contributed by atoms with Crippen LogP contribution in [-0.2, 0) is 13.6 Å². The fourth-order valence-electron chi connectivity index (χ4n) is 1.61. The Morgan fingerprint density at radius 3 is 2.32 bits per heavy atom. The Balaban J connectivity index is 2.53. The summed E-state index contributed by atoms with van der Waals surface area (Å²) in [7, 11) is -1.08. The minimum atomic E-state index is -3.55. The molecule has 0 radical (unpaired) electrons. The van der Waals surface area contributed by atoms with Gasteiger partial charge in [0.1, 0.15) is 5.30 Å². The van der Waals surface area contributed by atoms with Gasteiger partial charge >= 0.3 is 7.60 Å². The lowest BCUT2D eigenvalue weighted by molar-refractivity contribution is 0.287. The first kappa shape index (κ1) is 14.3. The van der Waals surface area contributed by atoms with Gasteiger partial charge in [0.25, 0.3) is 5.56 Å². The molecule has 0 aliphatic rings. The number of hydrogen-bond donors (Lipinski definition) is 1. The maximum atomic E-state index is 12.2. The van der Waals surface area contributed by atoms with E-state index in [0.717, 1.165) is 4.47 Å². The van der Waals surface area contributed by atoms with Crippen molar-refractivity contribution in [3.8, 4) is 5.69 Å². The van der Waals surface area contributed by atoms with Crippen molar-refractivity contribution in [3.63, 3.8) is 0 Å². The maximum Gasteiger partial charge on any atom is 0.368 e. The molecule has 1 N–H and O–H groups in total. The van der Waals surface area contributed by atoms with Crippen molar-refractivity contribution in [2.45, 2.75) is 0 Å². The van der Waals surface area contributed by atoms with Crippen molar-refractivity contribution >= 4 is 28.8 Å². The van der Waals surface area contributed by atoms with E-state index in [1.165, 1.54) is 25.1 Å². The van der Waals surface area contributed by atoms with Crippen LogP contribution in [0.1, 0.15) is 0 Å². The molecule has 2 rings (SSSR count). The molecular weight excluding hydrogens is 335 g/mol. The summed E-state index contributed by atoms with van der Waals surface area (Å²) in [5, 5.41) is 2.71. The Labute approximate surface area is 118 Å². The zero-order chi connectivity index (χ0) is 14.0. The molecule has 0 amide bonds. The van der Waals surface area contributed by atoms with E-state index in [1.54, 1.807) is 24.3 Å². The summed E-state index contributed by atoms with van der Waals surface area (Å²) in [6.45, 7) is 0. The normalized spacial score (nSPS) is 11.7. The van der Waals surface area contributed by atoms with Gasteiger partial charge < -0.3 is 9.05 Å². The van der Waals surface area contributed by atoms with E-state index < -0.39 is 13.2 Å². The minimum Gasteiger partial charge on any atom is -0.308 e. The van der Waals surface area contributed by atoms with Crippen LogP contribution in [0.25, 0.3) is 5.69 Å². The van der Waals surface area contributed by atoms with Crippen LogP contribution < -0.4 is 10.9 Å². The molecule has 6 nitrogen and oxygen atoms in total. The Kier molecular flexibility index (Phi) is 4.10. The summed E-state index contributed by atoms with van der Waals surface area (Å²) in [6, 6.07) is 7.09. The Morgan fingerprint density at radius 2 is 1.79 bits per heavy atom. The fraction of sp³-hybridized carbons (Fsp3) is 0.182. The summed E-state index contributed by atoms with van der Waals surface area (Å²) >= 11 is 3.31. The Morgan fingerprint density at radius 1 is 1.21 bits per heavy atom. The van der Waals surface area contributed by atoms with Gasteiger partial charge in [-0.2, -0.15) is 0 Å². The van der Waals surface area contributed by atoms with Gasteiger partial charge in [0.15, 0.2) is 0 Å². The molecule has 0 bridgehead atoms. The SMILES string of the molecule is COP(=O)(OC)c1c[nH]n(-c2ccc(Br)cc2)c1=O. The second kappa shape index (κ2) is 5.46. The van der Waals surface area contributed by atoms with E-state index in [-0.39, 0.29) is 5.30 Å². The largest absolute Gasteiger partial charge is 0.368 e. The quantitative estimate of drug-likeness (QED) is 0.859. The molecule has 1 heterocycles. The van der Waals surface area contributed by atoms with Gasteiger partial charge in [-0.3, -0.25) is 14.5 Å². The van der Waals surface area contributed by atoms with Gasteiger partial charge in [-0.25, -0.2) is 4.68 Å². The van der Waals surface area contributed by atoms with Crippen LogP contribution in [0.15, 0.2) is 39.7 Å². The Hall–Kier alpha value is -1.14. The number of H-pyrrole nitrogens is 1. The van der Waals surface area contributed by atoms with Gasteiger partial charge in [0.05, 0.1) is 5.69 Å². The summed E-state index contributed by atoms with van der Waals surface area (Å²) in [6.07, 6.45) is 1.33. The second-order valence-corrected chi connectivity index (χ2v) is 6.76. The lowest BCUT2D eigenvalue weighted by Crippen LogP contribution is -2.28. The van der Waals surface area contributed by atoms with Gasteiger partial charge in [0, 0.05) is 24.9 Å². The molecule has 0 saturated heterocycles. The fourth-order valence-corrected chi connectivity index (χ4v) is 2.97. The van der Waals surface area contributed by atoms with E-state index in [1.807, 2.05) is 0 Å². The van der Waals surface area contributed by atoms with Crippen LogP contribution in [0, 0.1) is 0 Å². The highest BCUT2D eigenvalue weighted by molar-refractivity contribution is 9.10. The van der Waals surface area contributed by atoms with Crippen molar-refractivity contribution in [1.82, 2.24) is 9.78 Å². The maximum absolute atomic E-state index is 12.2. The van der Waals surface area contributed by atoms with Gasteiger partial charge in [0.2, 0.25) is 0 Å². The second-order valence-electron chi connectivity index (χ2n) is 3.64. The van der Waals surface area contributed by atoms with Crippen LogP contribution in [0.4, 0.5) is 0 Å². The predicted octanol–water partition coefficient (Wildman–Crippen LogP) is 2.04. The molecule has 0 fully saturated rings. The molecule has 1 aromatic carbocycles. The molecule has 0 unspecified atom stereocenters. The highest BCUT2D eigenvalue weighted by Gasteiger charge is 2.30. The van der Waals surface area contributed by atoms with Gasteiger partial charge in [-0.1, -0.05) is 15.9 Å². The summed E-state index contributed by atoms with van der Waals surface area (Å²) < 4.78 is 24.0. The van der Waals surface area contributed by atoms with Gasteiger partial charge in [-0.15, -0.1) is 0 Å². The van der Waals surface area contributed by atoms with Crippen LogP contribution in [-0.4, -0.2) is 24.0 Å². The average Bonchev–Trinajstić information content (AvgIpc) is 2.81. The number of halogens is 1. The van der Waals surface area contributed by atoms with Gasteiger partial charge in [-0.05, 0) is 24.3 Å². The number of hydrogen-bond acceptors (Lipinski definition) is 4. The molecule has 102 valence electrons. The van der Waals surface area contributed by atoms with E-state index in [4.69, 9.17) is 9.05 Å². The highest BCUT2D eigenvalue weighted by Crippen LogP contribution is 2.43. The van der Waals surface area contributed by atoms with E-state index >= 15 is 0 Å². The van der Waals surface area contributed by atoms with Crippen molar-refractivity contribution in [3.05, 3.63) is 45.3 Å². The van der Waals surface area contributed by atoms with Crippen molar-refractivity contribution in [2.24, 2.45) is 0 Å². The first-order chi connectivity index (χ1) is 9.01. The third kappa shape index (κ3) is 2.60. The predicted molar refractivity (Wildman–Crippen MR) is 75.3 cm³/mol. The molecular formula is C11H12BrN2O4P. The topological polar surface area (TPSA) is 73.3 Å². The molecule has 0 atom stereocenters. The van der Waals surface area contributed by atoms with Crippen molar-refractivity contribution in [2.75, 3.05) is 14.2 Å². The van der Waals surface area contributed by atoms with Crippen molar-refractivity contribution in [1.29, 1.82) is 0 Å². The summed E-state index contributed by atoms with van der Waals surface area (Å²) in [5.41, 5.74) is 0.160. The van der Waals surface area contributed by atoms with Crippen LogP contribution in [0.5, 0.6) is 0 Å². The zero-order valence-electron chi connectivity index (χ0n) is 10.3. The summed E-state index contributed by atoms with van der Waals surface area (Å²) in [5.74, 6) is 0. The average molecular weight is 347 g/mol. The number of benzene rings is 1. The van der Waals surface area contributed by atoms with E-state index in [9.17, 15) is 9.36 Å². The highest BCUT2D eigenvalue weighted by atomic mass is 79.9. The van der Waals surface area contributed by atoms with Crippen LogP contribution in [0.2, 0.25) is 0 Å². The monoisotopic (exact) mass is 346 g/mol. The smallest absolute Gasteiger partial charge is 0.308 e. The molecule has 8 heteroatoms. The van der Waals surface area contributed by atoms with Crippen LogP contribution in [0.3, 0.4) is 0 Å². The molecule has 0 spiro atoms. The summed E-state index contributed by atoms with van der Waals surface area (Å²) in [4.78, 5) is 12.2. The first-order valence-corrected chi connectivity index (χ1v) is 7.64. The third-order valence-electron chi connectivity index (χ3n) is 2.61. The Bertz CT molecular complexity index is 669. The third-order valence-corrected chi connectivity index (χ3v) is 5.01. The molecule has 2 aromatic rings. The number of aromatic nitrogens is 2. The minimum absolute atomic E-state index is 0.0274.